The molecule has 0 aromatic carbocycles. The van der Waals surface area contributed by atoms with Crippen molar-refractivity contribution in [1.82, 2.24) is 10.2 Å². The van der Waals surface area contributed by atoms with E-state index in [1.807, 2.05) is 11.8 Å². The second kappa shape index (κ2) is 4.53. The molecule has 1 fully saturated rings. The number of hydrogen-bond acceptors (Lipinski definition) is 2. The third kappa shape index (κ3) is 2.89. The third-order valence-electron chi connectivity index (χ3n) is 3.15. The highest BCUT2D eigenvalue weighted by molar-refractivity contribution is 4.93. The maximum absolute atomic E-state index is 12.3. The Balaban J connectivity index is 2.55. The predicted molar refractivity (Wildman–Crippen MR) is 53.7 cm³/mol. The summed E-state index contributed by atoms with van der Waals surface area (Å²) in [5, 5.41) is 3.41. The van der Waals surface area contributed by atoms with E-state index in [1.165, 1.54) is 0 Å². The standard InChI is InChI=1S/C10H20F2N2/c1-4-10(3)7-14(6-9(11)12)8(2)5-13-10/h8-9,13H,4-7H2,1-3H3. The van der Waals surface area contributed by atoms with Crippen LogP contribution in [0.3, 0.4) is 0 Å². The molecule has 2 nitrogen and oxygen atoms in total. The van der Waals surface area contributed by atoms with Crippen molar-refractivity contribution in [3.8, 4) is 0 Å². The Morgan fingerprint density at radius 3 is 2.71 bits per heavy atom. The molecule has 1 N–H and O–H groups in total. The van der Waals surface area contributed by atoms with Crippen molar-refractivity contribution in [2.24, 2.45) is 0 Å². The minimum atomic E-state index is -2.23. The van der Waals surface area contributed by atoms with Gasteiger partial charge < -0.3 is 5.32 Å². The van der Waals surface area contributed by atoms with Crippen LogP contribution in [0.25, 0.3) is 0 Å². The van der Waals surface area contributed by atoms with Gasteiger partial charge in [-0.2, -0.15) is 0 Å². The summed E-state index contributed by atoms with van der Waals surface area (Å²) in [5.74, 6) is 0. The Morgan fingerprint density at radius 2 is 2.21 bits per heavy atom. The molecule has 0 aliphatic carbocycles. The van der Waals surface area contributed by atoms with E-state index >= 15 is 0 Å². The number of piperazine rings is 1. The van der Waals surface area contributed by atoms with Crippen molar-refractivity contribution in [2.75, 3.05) is 19.6 Å². The third-order valence-corrected chi connectivity index (χ3v) is 3.15. The van der Waals surface area contributed by atoms with Crippen molar-refractivity contribution >= 4 is 0 Å². The number of hydrogen-bond donors (Lipinski definition) is 1. The van der Waals surface area contributed by atoms with Gasteiger partial charge in [0.15, 0.2) is 0 Å². The number of nitrogens with zero attached hydrogens (tertiary/aromatic N) is 1. The van der Waals surface area contributed by atoms with Crippen LogP contribution in [0, 0.1) is 0 Å². The van der Waals surface area contributed by atoms with Gasteiger partial charge in [0, 0.05) is 24.7 Å². The molecule has 1 aliphatic heterocycles. The molecule has 1 aliphatic rings. The lowest BCUT2D eigenvalue weighted by Crippen LogP contribution is -2.62. The molecule has 2 atom stereocenters. The Morgan fingerprint density at radius 1 is 1.57 bits per heavy atom. The van der Waals surface area contributed by atoms with Crippen LogP contribution in [0.5, 0.6) is 0 Å². The minimum Gasteiger partial charge on any atom is -0.309 e. The molecule has 4 heteroatoms. The molecule has 0 spiro atoms. The van der Waals surface area contributed by atoms with Crippen LogP contribution in [0.2, 0.25) is 0 Å². The van der Waals surface area contributed by atoms with Gasteiger partial charge in [-0.3, -0.25) is 4.90 Å². The highest BCUT2D eigenvalue weighted by Gasteiger charge is 2.33. The SMILES string of the molecule is CCC1(C)CN(CC(F)F)C(C)CN1. The largest absolute Gasteiger partial charge is 0.309 e. The molecule has 0 radical (unpaired) electrons. The van der Waals surface area contributed by atoms with Crippen LogP contribution < -0.4 is 5.32 Å². The second-order valence-electron chi connectivity index (χ2n) is 4.46. The first kappa shape index (κ1) is 11.9. The number of rotatable bonds is 3. The van der Waals surface area contributed by atoms with Gasteiger partial charge in [-0.15, -0.1) is 0 Å². The summed E-state index contributed by atoms with van der Waals surface area (Å²) in [6, 6.07) is 0.212. The lowest BCUT2D eigenvalue weighted by molar-refractivity contribution is 0.0284. The summed E-state index contributed by atoms with van der Waals surface area (Å²) < 4.78 is 24.6. The molecule has 0 bridgehead atoms. The van der Waals surface area contributed by atoms with Gasteiger partial charge in [0.1, 0.15) is 0 Å². The molecule has 0 aromatic rings. The molecular formula is C10H20F2N2. The Kier molecular flexibility index (Phi) is 3.84. The van der Waals surface area contributed by atoms with E-state index in [0.29, 0.717) is 0 Å². The first-order chi connectivity index (χ1) is 6.47. The average molecular weight is 206 g/mol. The maximum atomic E-state index is 12.3. The second-order valence-corrected chi connectivity index (χ2v) is 4.46. The van der Waals surface area contributed by atoms with Crippen LogP contribution in [0.15, 0.2) is 0 Å². The van der Waals surface area contributed by atoms with E-state index in [4.69, 9.17) is 0 Å². The van der Waals surface area contributed by atoms with E-state index in [9.17, 15) is 8.78 Å². The van der Waals surface area contributed by atoms with Crippen LogP contribution in [-0.4, -0.2) is 42.5 Å². The Bertz CT molecular complexity index is 187. The van der Waals surface area contributed by atoms with Crippen LogP contribution >= 0.6 is 0 Å². The predicted octanol–water partition coefficient (Wildman–Crippen LogP) is 1.71. The van der Waals surface area contributed by atoms with Gasteiger partial charge in [-0.1, -0.05) is 6.92 Å². The van der Waals surface area contributed by atoms with Crippen molar-refractivity contribution in [2.45, 2.75) is 45.2 Å². The average Bonchev–Trinajstić information content (AvgIpc) is 2.11. The zero-order valence-electron chi connectivity index (χ0n) is 9.19. The Labute approximate surface area is 84.7 Å². The summed E-state index contributed by atoms with van der Waals surface area (Å²) in [6.07, 6.45) is -1.25. The molecule has 1 heterocycles. The lowest BCUT2D eigenvalue weighted by atomic mass is 9.94. The highest BCUT2D eigenvalue weighted by Crippen LogP contribution is 2.19. The molecule has 14 heavy (non-hydrogen) atoms. The molecule has 0 amide bonds. The zero-order valence-corrected chi connectivity index (χ0v) is 9.19. The minimum absolute atomic E-state index is 0.00139. The highest BCUT2D eigenvalue weighted by atomic mass is 19.3. The molecule has 2 unspecified atom stereocenters. The first-order valence-corrected chi connectivity index (χ1v) is 5.24. The molecule has 0 saturated carbocycles. The normalized spacial score (nSPS) is 35.1. The fraction of sp³-hybridized carbons (Fsp3) is 1.00. The van der Waals surface area contributed by atoms with Crippen LogP contribution in [-0.2, 0) is 0 Å². The molecule has 0 aromatic heterocycles. The van der Waals surface area contributed by atoms with Gasteiger partial charge in [-0.25, -0.2) is 8.78 Å². The Hall–Kier alpha value is -0.220. The number of halogens is 2. The molecule has 1 rings (SSSR count). The summed E-state index contributed by atoms with van der Waals surface area (Å²) in [7, 11) is 0. The summed E-state index contributed by atoms with van der Waals surface area (Å²) in [5.41, 5.74) is 0.00139. The summed E-state index contributed by atoms with van der Waals surface area (Å²) in [4.78, 5) is 1.88. The van der Waals surface area contributed by atoms with E-state index < -0.39 is 6.43 Å². The van der Waals surface area contributed by atoms with Crippen molar-refractivity contribution in [3.63, 3.8) is 0 Å². The number of alkyl halides is 2. The van der Waals surface area contributed by atoms with Crippen LogP contribution in [0.4, 0.5) is 8.78 Å². The van der Waals surface area contributed by atoms with Gasteiger partial charge in [0.05, 0.1) is 6.54 Å². The summed E-state index contributed by atoms with van der Waals surface area (Å²) >= 11 is 0. The quantitative estimate of drug-likeness (QED) is 0.756. The van der Waals surface area contributed by atoms with Gasteiger partial charge in [-0.05, 0) is 20.3 Å². The monoisotopic (exact) mass is 206 g/mol. The van der Waals surface area contributed by atoms with Gasteiger partial charge >= 0.3 is 0 Å². The van der Waals surface area contributed by atoms with E-state index in [0.717, 1.165) is 19.5 Å². The maximum Gasteiger partial charge on any atom is 0.251 e. The summed E-state index contributed by atoms with van der Waals surface area (Å²) in [6.45, 7) is 7.59. The van der Waals surface area contributed by atoms with Gasteiger partial charge in [0.25, 0.3) is 6.43 Å². The van der Waals surface area contributed by atoms with E-state index in [-0.39, 0.29) is 18.1 Å². The lowest BCUT2D eigenvalue weighted by Gasteiger charge is -2.44. The number of nitrogens with one attached hydrogen (secondary N) is 1. The fourth-order valence-electron chi connectivity index (χ4n) is 1.84. The van der Waals surface area contributed by atoms with Crippen molar-refractivity contribution in [3.05, 3.63) is 0 Å². The van der Waals surface area contributed by atoms with Crippen LogP contribution in [0.1, 0.15) is 27.2 Å². The van der Waals surface area contributed by atoms with E-state index in [2.05, 4.69) is 19.2 Å². The first-order valence-electron chi connectivity index (χ1n) is 5.24. The zero-order chi connectivity index (χ0) is 10.8. The van der Waals surface area contributed by atoms with E-state index in [1.54, 1.807) is 0 Å². The van der Waals surface area contributed by atoms with Crippen molar-refractivity contribution < 1.29 is 8.78 Å². The molecule has 84 valence electrons. The molecule has 1 saturated heterocycles. The smallest absolute Gasteiger partial charge is 0.251 e. The molecular weight excluding hydrogens is 186 g/mol. The van der Waals surface area contributed by atoms with Gasteiger partial charge in [0.2, 0.25) is 0 Å². The van der Waals surface area contributed by atoms with Crippen molar-refractivity contribution in [1.29, 1.82) is 0 Å². The fourth-order valence-corrected chi connectivity index (χ4v) is 1.84. The topological polar surface area (TPSA) is 15.3 Å².